The van der Waals surface area contributed by atoms with Crippen LogP contribution in [0.3, 0.4) is 0 Å². The number of rotatable bonds is 5. The third-order valence-electron chi connectivity index (χ3n) is 4.01. The zero-order valence-electron chi connectivity index (χ0n) is 13.1. The lowest BCUT2D eigenvalue weighted by Gasteiger charge is -2.29. The van der Waals surface area contributed by atoms with Gasteiger partial charge in [-0.25, -0.2) is 9.78 Å². The molecule has 0 amide bonds. The van der Waals surface area contributed by atoms with Gasteiger partial charge in [-0.15, -0.1) is 0 Å². The second kappa shape index (κ2) is 7.72. The van der Waals surface area contributed by atoms with Crippen molar-refractivity contribution in [2.45, 2.75) is 32.2 Å². The van der Waals surface area contributed by atoms with Crippen molar-refractivity contribution in [3.8, 4) is 0 Å². The first kappa shape index (κ1) is 16.2. The number of aromatic carboxylic acids is 1. The Kier molecular flexibility index (Phi) is 5.43. The minimum atomic E-state index is -1.03. The van der Waals surface area contributed by atoms with Crippen molar-refractivity contribution in [3.05, 3.63) is 23.5 Å². The fourth-order valence-electron chi connectivity index (χ4n) is 2.78. The van der Waals surface area contributed by atoms with Crippen LogP contribution in [-0.2, 0) is 20.8 Å². The molecule has 1 N–H and O–H groups in total. The topological polar surface area (TPSA) is 81.1 Å². The molecule has 2 aliphatic rings. The molecule has 1 aromatic rings. The van der Waals surface area contributed by atoms with Crippen LogP contribution in [-0.4, -0.2) is 55.3 Å². The largest absolute Gasteiger partial charge is 0.477 e. The summed E-state index contributed by atoms with van der Waals surface area (Å²) in [4.78, 5) is 17.6. The summed E-state index contributed by atoms with van der Waals surface area (Å²) in [6.45, 7) is 3.75. The van der Waals surface area contributed by atoms with Crippen LogP contribution < -0.4 is 4.90 Å². The molecule has 0 radical (unpaired) electrons. The van der Waals surface area contributed by atoms with E-state index in [2.05, 4.69) is 9.88 Å². The first-order chi connectivity index (χ1) is 11.2. The van der Waals surface area contributed by atoms with Crippen molar-refractivity contribution < 1.29 is 24.1 Å². The molecule has 7 heteroatoms. The van der Waals surface area contributed by atoms with Gasteiger partial charge in [0.25, 0.3) is 0 Å². The van der Waals surface area contributed by atoms with Crippen LogP contribution in [0, 0.1) is 0 Å². The first-order valence-corrected chi connectivity index (χ1v) is 8.02. The summed E-state index contributed by atoms with van der Waals surface area (Å²) in [5.74, 6) is -1.03. The molecule has 0 aromatic carbocycles. The molecule has 7 nitrogen and oxygen atoms in total. The predicted octanol–water partition coefficient (Wildman–Crippen LogP) is 1.66. The highest BCUT2D eigenvalue weighted by molar-refractivity contribution is 5.86. The Balaban J connectivity index is 1.72. The first-order valence-electron chi connectivity index (χ1n) is 8.02. The molecule has 3 rings (SSSR count). The highest BCUT2D eigenvalue weighted by atomic mass is 16.7. The normalized spacial score (nSPS) is 22.1. The molecular weight excluding hydrogens is 300 g/mol. The molecule has 2 aliphatic heterocycles. The maximum absolute atomic E-state index is 11.3. The van der Waals surface area contributed by atoms with Gasteiger partial charge in [-0.05, 0) is 31.4 Å². The predicted molar refractivity (Wildman–Crippen MR) is 82.6 cm³/mol. The van der Waals surface area contributed by atoms with Gasteiger partial charge >= 0.3 is 5.97 Å². The third-order valence-corrected chi connectivity index (χ3v) is 4.01. The fraction of sp³-hybridized carbons (Fsp3) is 0.625. The summed E-state index contributed by atoms with van der Waals surface area (Å²) in [6.07, 6.45) is 2.81. The van der Waals surface area contributed by atoms with Gasteiger partial charge in [0.2, 0.25) is 0 Å². The molecule has 2 fully saturated rings. The molecule has 1 atom stereocenters. The van der Waals surface area contributed by atoms with E-state index in [1.165, 1.54) is 0 Å². The summed E-state index contributed by atoms with van der Waals surface area (Å²) in [7, 11) is 0. The average Bonchev–Trinajstić information content (AvgIpc) is 2.61. The number of ether oxygens (including phenoxy) is 3. The Hall–Kier alpha value is -1.70. The fourth-order valence-corrected chi connectivity index (χ4v) is 2.78. The van der Waals surface area contributed by atoms with Gasteiger partial charge in [0.05, 0.1) is 25.5 Å². The Labute approximate surface area is 135 Å². The van der Waals surface area contributed by atoms with Crippen molar-refractivity contribution in [2.24, 2.45) is 0 Å². The number of hydrogen-bond acceptors (Lipinski definition) is 6. The molecule has 0 spiro atoms. The Morgan fingerprint density at radius 2 is 2.13 bits per heavy atom. The maximum Gasteiger partial charge on any atom is 0.354 e. The van der Waals surface area contributed by atoms with E-state index in [1.54, 1.807) is 6.07 Å². The van der Waals surface area contributed by atoms with Crippen LogP contribution >= 0.6 is 0 Å². The highest BCUT2D eigenvalue weighted by Gasteiger charge is 2.18. The molecule has 0 saturated carbocycles. The summed E-state index contributed by atoms with van der Waals surface area (Å²) in [5.41, 5.74) is 1.50. The lowest BCUT2D eigenvalue weighted by atomic mass is 10.2. The smallest absolute Gasteiger partial charge is 0.354 e. The monoisotopic (exact) mass is 322 g/mol. The molecule has 3 heterocycles. The molecule has 126 valence electrons. The molecule has 2 saturated heterocycles. The maximum atomic E-state index is 11.3. The molecular formula is C16H22N2O5. The standard InChI is InChI=1S/C16H22N2O5/c19-16(20)14-10-13(18-4-7-21-8-5-18)9-12(17-14)11-23-15-3-1-2-6-22-15/h9-10,15H,1-8,11H2,(H,19,20). The zero-order chi connectivity index (χ0) is 16.1. The van der Waals surface area contributed by atoms with Gasteiger partial charge in [-0.1, -0.05) is 0 Å². The van der Waals surface area contributed by atoms with E-state index in [1.807, 2.05) is 6.07 Å². The van der Waals surface area contributed by atoms with Crippen molar-refractivity contribution in [2.75, 3.05) is 37.8 Å². The molecule has 1 unspecified atom stereocenters. The second-order valence-corrected chi connectivity index (χ2v) is 5.71. The van der Waals surface area contributed by atoms with Crippen molar-refractivity contribution in [3.63, 3.8) is 0 Å². The summed E-state index contributed by atoms with van der Waals surface area (Å²) >= 11 is 0. The van der Waals surface area contributed by atoms with Crippen LogP contribution in [0.2, 0.25) is 0 Å². The lowest BCUT2D eigenvalue weighted by Crippen LogP contribution is -2.36. The minimum absolute atomic E-state index is 0.0390. The van der Waals surface area contributed by atoms with Gasteiger partial charge in [0.1, 0.15) is 0 Å². The van der Waals surface area contributed by atoms with Crippen molar-refractivity contribution >= 4 is 11.7 Å². The SMILES string of the molecule is O=C(O)c1cc(N2CCOCC2)cc(COC2CCCCO2)n1. The van der Waals surface area contributed by atoms with Crippen LogP contribution in [0.15, 0.2) is 12.1 Å². The number of pyridine rings is 1. The van der Waals surface area contributed by atoms with Gasteiger partial charge in [0, 0.05) is 25.4 Å². The quantitative estimate of drug-likeness (QED) is 0.883. The minimum Gasteiger partial charge on any atom is -0.477 e. The van der Waals surface area contributed by atoms with Crippen LogP contribution in [0.5, 0.6) is 0 Å². The zero-order valence-corrected chi connectivity index (χ0v) is 13.1. The van der Waals surface area contributed by atoms with E-state index in [-0.39, 0.29) is 18.6 Å². The summed E-state index contributed by atoms with van der Waals surface area (Å²) in [6, 6.07) is 3.49. The van der Waals surface area contributed by atoms with E-state index in [0.29, 0.717) is 25.5 Å². The van der Waals surface area contributed by atoms with Gasteiger partial charge in [-0.3, -0.25) is 0 Å². The highest BCUT2D eigenvalue weighted by Crippen LogP contribution is 2.21. The van der Waals surface area contributed by atoms with E-state index in [9.17, 15) is 9.90 Å². The van der Waals surface area contributed by atoms with Crippen LogP contribution in [0.1, 0.15) is 35.4 Å². The molecule has 23 heavy (non-hydrogen) atoms. The number of anilines is 1. The average molecular weight is 322 g/mol. The number of aromatic nitrogens is 1. The number of hydrogen-bond donors (Lipinski definition) is 1. The van der Waals surface area contributed by atoms with E-state index < -0.39 is 5.97 Å². The number of nitrogens with zero attached hydrogens (tertiary/aromatic N) is 2. The third kappa shape index (κ3) is 4.40. The Bertz CT molecular complexity index is 539. The lowest BCUT2D eigenvalue weighted by molar-refractivity contribution is -0.169. The van der Waals surface area contributed by atoms with Crippen molar-refractivity contribution in [1.82, 2.24) is 4.98 Å². The summed E-state index contributed by atoms with van der Waals surface area (Å²) in [5, 5.41) is 9.28. The molecule has 0 bridgehead atoms. The van der Waals surface area contributed by atoms with E-state index >= 15 is 0 Å². The van der Waals surface area contributed by atoms with Gasteiger partial charge in [0.15, 0.2) is 12.0 Å². The van der Waals surface area contributed by atoms with Gasteiger partial charge < -0.3 is 24.2 Å². The van der Waals surface area contributed by atoms with Crippen LogP contribution in [0.4, 0.5) is 5.69 Å². The molecule has 0 aliphatic carbocycles. The number of morpholine rings is 1. The number of carboxylic acids is 1. The van der Waals surface area contributed by atoms with E-state index in [4.69, 9.17) is 14.2 Å². The Morgan fingerprint density at radius 1 is 1.30 bits per heavy atom. The summed E-state index contributed by atoms with van der Waals surface area (Å²) < 4.78 is 16.6. The number of carboxylic acid groups (broad SMARTS) is 1. The Morgan fingerprint density at radius 3 is 2.83 bits per heavy atom. The van der Waals surface area contributed by atoms with Gasteiger partial charge in [-0.2, -0.15) is 0 Å². The number of carbonyl (C=O) groups is 1. The van der Waals surface area contributed by atoms with Crippen molar-refractivity contribution in [1.29, 1.82) is 0 Å². The molecule has 1 aromatic heterocycles. The van der Waals surface area contributed by atoms with E-state index in [0.717, 1.165) is 38.0 Å². The van der Waals surface area contributed by atoms with Crippen LogP contribution in [0.25, 0.3) is 0 Å². The second-order valence-electron chi connectivity index (χ2n) is 5.71.